The van der Waals surface area contributed by atoms with Crippen LogP contribution in [0.25, 0.3) is 11.1 Å². The summed E-state index contributed by atoms with van der Waals surface area (Å²) in [6.45, 7) is 0.894. The van der Waals surface area contributed by atoms with Crippen LogP contribution in [-0.2, 0) is 0 Å². The molecular formula is C17H22N2O3. The minimum atomic E-state index is 0.00966. The van der Waals surface area contributed by atoms with Gasteiger partial charge >= 0.3 is 0 Å². The molecule has 0 aliphatic carbocycles. The number of nitrogens with zero attached hydrogens (tertiary/aromatic N) is 1. The number of nitrogen functional groups attached to an aromatic ring is 1. The second kappa shape index (κ2) is 7.68. The van der Waals surface area contributed by atoms with Crippen molar-refractivity contribution in [3.8, 4) is 16.9 Å². The summed E-state index contributed by atoms with van der Waals surface area (Å²) in [7, 11) is 1.63. The van der Waals surface area contributed by atoms with E-state index in [-0.39, 0.29) is 13.2 Å². The molecule has 0 aliphatic rings. The second-order valence-electron chi connectivity index (χ2n) is 4.91. The van der Waals surface area contributed by atoms with Crippen molar-refractivity contribution in [3.05, 3.63) is 42.5 Å². The molecule has 0 aliphatic heterocycles. The van der Waals surface area contributed by atoms with Crippen molar-refractivity contribution in [2.24, 2.45) is 0 Å². The average molecular weight is 302 g/mol. The van der Waals surface area contributed by atoms with E-state index in [2.05, 4.69) is 0 Å². The predicted octanol–water partition coefficient (Wildman–Crippen LogP) is 1.74. The highest BCUT2D eigenvalue weighted by Crippen LogP contribution is 2.37. The van der Waals surface area contributed by atoms with Gasteiger partial charge in [0.05, 0.1) is 20.3 Å². The number of anilines is 2. The van der Waals surface area contributed by atoms with Crippen LogP contribution in [0, 0.1) is 0 Å². The minimum absolute atomic E-state index is 0.00966. The Kier molecular flexibility index (Phi) is 5.63. The number of aliphatic hydroxyl groups excluding tert-OH is 2. The minimum Gasteiger partial charge on any atom is -0.496 e. The van der Waals surface area contributed by atoms with Crippen molar-refractivity contribution >= 4 is 11.4 Å². The van der Waals surface area contributed by atoms with Gasteiger partial charge in [-0.05, 0) is 24.3 Å². The molecule has 0 heterocycles. The lowest BCUT2D eigenvalue weighted by atomic mass is 10.0. The zero-order valence-electron chi connectivity index (χ0n) is 12.7. The van der Waals surface area contributed by atoms with Gasteiger partial charge in [-0.3, -0.25) is 0 Å². The van der Waals surface area contributed by atoms with E-state index < -0.39 is 0 Å². The van der Waals surface area contributed by atoms with Crippen LogP contribution in [0.3, 0.4) is 0 Å². The molecule has 0 saturated heterocycles. The number of nitrogens with two attached hydrogens (primary N) is 1. The molecule has 4 N–H and O–H groups in total. The SMILES string of the molecule is COc1ccccc1-c1cc(N)ccc1N(CCO)CCO. The molecule has 0 unspecified atom stereocenters. The number of para-hydroxylation sites is 1. The van der Waals surface area contributed by atoms with Crippen LogP contribution >= 0.6 is 0 Å². The molecule has 2 aromatic rings. The van der Waals surface area contributed by atoms with Crippen molar-refractivity contribution in [2.45, 2.75) is 0 Å². The summed E-state index contributed by atoms with van der Waals surface area (Å²) in [5.41, 5.74) is 9.34. The maximum absolute atomic E-state index is 9.27. The molecule has 22 heavy (non-hydrogen) atoms. The van der Waals surface area contributed by atoms with Gasteiger partial charge in [0.15, 0.2) is 0 Å². The topological polar surface area (TPSA) is 79.0 Å². The number of ether oxygens (including phenoxy) is 1. The fraction of sp³-hybridized carbons (Fsp3) is 0.294. The number of rotatable bonds is 7. The van der Waals surface area contributed by atoms with Gasteiger partial charge in [-0.25, -0.2) is 0 Å². The quantitative estimate of drug-likeness (QED) is 0.679. The Morgan fingerprint density at radius 2 is 1.68 bits per heavy atom. The smallest absolute Gasteiger partial charge is 0.126 e. The first kappa shape index (κ1) is 16.1. The number of benzene rings is 2. The van der Waals surface area contributed by atoms with Gasteiger partial charge in [-0.15, -0.1) is 0 Å². The van der Waals surface area contributed by atoms with Crippen LogP contribution in [-0.4, -0.2) is 43.6 Å². The van der Waals surface area contributed by atoms with Gasteiger partial charge in [0.25, 0.3) is 0 Å². The molecule has 0 bridgehead atoms. The molecule has 118 valence electrons. The van der Waals surface area contributed by atoms with Crippen LogP contribution in [0.4, 0.5) is 11.4 Å². The molecule has 0 atom stereocenters. The Balaban J connectivity index is 2.56. The van der Waals surface area contributed by atoms with Crippen molar-refractivity contribution < 1.29 is 14.9 Å². The Hall–Kier alpha value is -2.24. The maximum atomic E-state index is 9.27. The third-order valence-corrected chi connectivity index (χ3v) is 3.50. The zero-order chi connectivity index (χ0) is 15.9. The first-order chi connectivity index (χ1) is 10.7. The van der Waals surface area contributed by atoms with Gasteiger partial charge < -0.3 is 25.6 Å². The van der Waals surface area contributed by atoms with E-state index in [4.69, 9.17) is 10.5 Å². The van der Waals surface area contributed by atoms with Crippen LogP contribution in [0.2, 0.25) is 0 Å². The van der Waals surface area contributed by atoms with E-state index in [1.165, 1.54) is 0 Å². The fourth-order valence-electron chi connectivity index (χ4n) is 2.51. The van der Waals surface area contributed by atoms with Crippen molar-refractivity contribution in [3.63, 3.8) is 0 Å². The maximum Gasteiger partial charge on any atom is 0.126 e. The third kappa shape index (κ3) is 3.50. The molecule has 5 heteroatoms. The second-order valence-corrected chi connectivity index (χ2v) is 4.91. The van der Waals surface area contributed by atoms with E-state index in [0.29, 0.717) is 18.8 Å². The summed E-state index contributed by atoms with van der Waals surface area (Å²) in [6.07, 6.45) is 0. The Morgan fingerprint density at radius 1 is 1.00 bits per heavy atom. The molecule has 2 rings (SSSR count). The predicted molar refractivity (Wildman–Crippen MR) is 89.2 cm³/mol. The molecular weight excluding hydrogens is 280 g/mol. The van der Waals surface area contributed by atoms with Crippen LogP contribution < -0.4 is 15.4 Å². The number of hydrogen-bond donors (Lipinski definition) is 3. The average Bonchev–Trinajstić information content (AvgIpc) is 2.54. The number of methoxy groups -OCH3 is 1. The van der Waals surface area contributed by atoms with Crippen LogP contribution in [0.15, 0.2) is 42.5 Å². The first-order valence-electron chi connectivity index (χ1n) is 7.20. The highest BCUT2D eigenvalue weighted by molar-refractivity contribution is 5.84. The molecule has 0 fully saturated rings. The molecule has 0 radical (unpaired) electrons. The van der Waals surface area contributed by atoms with Crippen LogP contribution in [0.5, 0.6) is 5.75 Å². The van der Waals surface area contributed by atoms with Gasteiger partial charge in [0, 0.05) is 35.6 Å². The van der Waals surface area contributed by atoms with E-state index >= 15 is 0 Å². The molecule has 0 saturated carbocycles. The summed E-state index contributed by atoms with van der Waals surface area (Å²) >= 11 is 0. The summed E-state index contributed by atoms with van der Waals surface area (Å²) in [5, 5.41) is 18.5. The fourth-order valence-corrected chi connectivity index (χ4v) is 2.51. The van der Waals surface area contributed by atoms with E-state index in [1.807, 2.05) is 47.4 Å². The van der Waals surface area contributed by atoms with Crippen molar-refractivity contribution in [2.75, 3.05) is 44.0 Å². The number of aliphatic hydroxyl groups is 2. The summed E-state index contributed by atoms with van der Waals surface area (Å²) < 4.78 is 5.44. The van der Waals surface area contributed by atoms with Crippen molar-refractivity contribution in [1.82, 2.24) is 0 Å². The molecule has 0 amide bonds. The highest BCUT2D eigenvalue weighted by atomic mass is 16.5. The first-order valence-corrected chi connectivity index (χ1v) is 7.20. The standard InChI is InChI=1S/C17H22N2O3/c1-22-17-5-3-2-4-14(17)15-12-13(18)6-7-16(15)19(8-10-20)9-11-21/h2-7,12,20-21H,8-11,18H2,1H3. The van der Waals surface area contributed by atoms with E-state index in [1.54, 1.807) is 7.11 Å². The summed E-state index contributed by atoms with van der Waals surface area (Å²) in [6, 6.07) is 13.3. The summed E-state index contributed by atoms with van der Waals surface area (Å²) in [4.78, 5) is 1.93. The van der Waals surface area contributed by atoms with Crippen LogP contribution in [0.1, 0.15) is 0 Å². The zero-order valence-corrected chi connectivity index (χ0v) is 12.7. The number of hydrogen-bond acceptors (Lipinski definition) is 5. The Labute approximate surface area is 130 Å². The highest BCUT2D eigenvalue weighted by Gasteiger charge is 2.15. The normalized spacial score (nSPS) is 10.5. The molecule has 0 spiro atoms. The lowest BCUT2D eigenvalue weighted by molar-refractivity contribution is 0.281. The van der Waals surface area contributed by atoms with Gasteiger partial charge in [0.2, 0.25) is 0 Å². The largest absolute Gasteiger partial charge is 0.496 e. The van der Waals surface area contributed by atoms with Gasteiger partial charge in [-0.2, -0.15) is 0 Å². The lowest BCUT2D eigenvalue weighted by Crippen LogP contribution is -2.30. The Morgan fingerprint density at radius 3 is 2.32 bits per heavy atom. The Bertz CT molecular complexity index is 611. The van der Waals surface area contributed by atoms with Gasteiger partial charge in [-0.1, -0.05) is 18.2 Å². The lowest BCUT2D eigenvalue weighted by Gasteiger charge is -2.26. The molecule has 2 aromatic carbocycles. The molecule has 5 nitrogen and oxygen atoms in total. The van der Waals surface area contributed by atoms with E-state index in [9.17, 15) is 10.2 Å². The summed E-state index contributed by atoms with van der Waals surface area (Å²) in [5.74, 6) is 0.752. The van der Waals surface area contributed by atoms with E-state index in [0.717, 1.165) is 22.6 Å². The molecule has 0 aromatic heterocycles. The third-order valence-electron chi connectivity index (χ3n) is 3.50. The monoisotopic (exact) mass is 302 g/mol. The van der Waals surface area contributed by atoms with Crippen molar-refractivity contribution in [1.29, 1.82) is 0 Å². The van der Waals surface area contributed by atoms with Gasteiger partial charge in [0.1, 0.15) is 5.75 Å².